The van der Waals surface area contributed by atoms with Crippen molar-refractivity contribution in [1.29, 1.82) is 0 Å². The highest BCUT2D eigenvalue weighted by Crippen LogP contribution is 2.32. The summed E-state index contributed by atoms with van der Waals surface area (Å²) >= 11 is 0. The zero-order valence-corrected chi connectivity index (χ0v) is 12.0. The average molecular weight is 287 g/mol. The quantitative estimate of drug-likeness (QED) is 0.934. The molecule has 1 aliphatic heterocycles. The Balaban J connectivity index is 1.57. The molecule has 0 spiro atoms. The largest absolute Gasteiger partial charge is 0.454 e. The van der Waals surface area contributed by atoms with Crippen molar-refractivity contribution < 1.29 is 14.3 Å². The van der Waals surface area contributed by atoms with Crippen molar-refractivity contribution in [2.75, 3.05) is 12.1 Å². The van der Waals surface area contributed by atoms with E-state index in [0.717, 1.165) is 22.8 Å². The third kappa shape index (κ3) is 2.99. The minimum absolute atomic E-state index is 0.0318. The van der Waals surface area contributed by atoms with E-state index < -0.39 is 0 Å². The summed E-state index contributed by atoms with van der Waals surface area (Å²) in [5.41, 5.74) is 1.93. The molecule has 1 amide bonds. The number of ether oxygens (including phenoxy) is 2. The first kappa shape index (κ1) is 13.5. The van der Waals surface area contributed by atoms with Crippen LogP contribution in [0.4, 0.5) is 5.82 Å². The standard InChI is InChI=1S/C15H17N3O3/c1-10-7-14(18(2)17-10)16-15(19)6-4-11-3-5-12-13(8-11)21-9-20-12/h3,5,7-8H,4,6,9H2,1-2H3,(H,16,19). The molecule has 110 valence electrons. The zero-order valence-electron chi connectivity index (χ0n) is 12.0. The Hall–Kier alpha value is -2.50. The monoisotopic (exact) mass is 287 g/mol. The topological polar surface area (TPSA) is 65.4 Å². The van der Waals surface area contributed by atoms with Crippen molar-refractivity contribution in [2.24, 2.45) is 7.05 Å². The lowest BCUT2D eigenvalue weighted by Crippen LogP contribution is -2.14. The molecule has 21 heavy (non-hydrogen) atoms. The van der Waals surface area contributed by atoms with E-state index in [-0.39, 0.29) is 12.7 Å². The van der Waals surface area contributed by atoms with Gasteiger partial charge in [-0.1, -0.05) is 6.07 Å². The van der Waals surface area contributed by atoms with Crippen LogP contribution in [0.25, 0.3) is 0 Å². The van der Waals surface area contributed by atoms with Crippen LogP contribution >= 0.6 is 0 Å². The van der Waals surface area contributed by atoms with Crippen LogP contribution in [-0.2, 0) is 18.3 Å². The number of nitrogens with one attached hydrogen (secondary N) is 1. The van der Waals surface area contributed by atoms with E-state index >= 15 is 0 Å². The van der Waals surface area contributed by atoms with Crippen LogP contribution in [0.15, 0.2) is 24.3 Å². The molecule has 0 bridgehead atoms. The van der Waals surface area contributed by atoms with Gasteiger partial charge in [0.05, 0.1) is 5.69 Å². The molecule has 0 radical (unpaired) electrons. The molecule has 1 aromatic carbocycles. The van der Waals surface area contributed by atoms with E-state index in [1.54, 1.807) is 11.7 Å². The Morgan fingerprint density at radius 3 is 2.90 bits per heavy atom. The molecule has 0 saturated heterocycles. The number of aromatic nitrogens is 2. The van der Waals surface area contributed by atoms with Crippen molar-refractivity contribution >= 4 is 11.7 Å². The summed E-state index contributed by atoms with van der Waals surface area (Å²) < 4.78 is 12.2. The minimum Gasteiger partial charge on any atom is -0.454 e. The Bertz CT molecular complexity index is 679. The number of fused-ring (bicyclic) bond motifs is 1. The first-order chi connectivity index (χ1) is 10.1. The third-order valence-corrected chi connectivity index (χ3v) is 3.35. The van der Waals surface area contributed by atoms with E-state index in [2.05, 4.69) is 10.4 Å². The fourth-order valence-electron chi connectivity index (χ4n) is 2.29. The number of anilines is 1. The maximum Gasteiger partial charge on any atom is 0.231 e. The third-order valence-electron chi connectivity index (χ3n) is 3.35. The number of rotatable bonds is 4. The first-order valence-electron chi connectivity index (χ1n) is 6.81. The number of nitrogens with zero attached hydrogens (tertiary/aromatic N) is 2. The Kier molecular flexibility index (Phi) is 3.51. The van der Waals surface area contributed by atoms with Crippen LogP contribution < -0.4 is 14.8 Å². The van der Waals surface area contributed by atoms with Crippen LogP contribution in [0, 0.1) is 6.92 Å². The minimum atomic E-state index is -0.0318. The van der Waals surface area contributed by atoms with Gasteiger partial charge in [-0.05, 0) is 31.0 Å². The lowest BCUT2D eigenvalue weighted by molar-refractivity contribution is -0.116. The van der Waals surface area contributed by atoms with Crippen molar-refractivity contribution in [3.05, 3.63) is 35.5 Å². The van der Waals surface area contributed by atoms with Gasteiger partial charge < -0.3 is 14.8 Å². The molecule has 6 heteroatoms. The number of aryl methyl sites for hydroxylation is 3. The molecule has 6 nitrogen and oxygen atoms in total. The van der Waals surface area contributed by atoms with Gasteiger partial charge in [0, 0.05) is 19.5 Å². The molecule has 0 atom stereocenters. The smallest absolute Gasteiger partial charge is 0.231 e. The maximum atomic E-state index is 12.0. The molecule has 1 N–H and O–H groups in total. The Morgan fingerprint density at radius 2 is 2.14 bits per heavy atom. The fourth-order valence-corrected chi connectivity index (χ4v) is 2.29. The molecule has 0 aliphatic carbocycles. The molecular formula is C15H17N3O3. The molecule has 0 saturated carbocycles. The van der Waals surface area contributed by atoms with E-state index in [1.807, 2.05) is 31.2 Å². The molecular weight excluding hydrogens is 270 g/mol. The van der Waals surface area contributed by atoms with Gasteiger partial charge in [0.1, 0.15) is 5.82 Å². The molecule has 0 fully saturated rings. The number of hydrogen-bond acceptors (Lipinski definition) is 4. The average Bonchev–Trinajstić information content (AvgIpc) is 3.02. The zero-order chi connectivity index (χ0) is 14.8. The van der Waals surface area contributed by atoms with Crippen molar-refractivity contribution in [3.8, 4) is 11.5 Å². The van der Waals surface area contributed by atoms with E-state index in [4.69, 9.17) is 9.47 Å². The van der Waals surface area contributed by atoms with E-state index in [9.17, 15) is 4.79 Å². The van der Waals surface area contributed by atoms with Gasteiger partial charge in [0.15, 0.2) is 11.5 Å². The van der Waals surface area contributed by atoms with Crippen LogP contribution in [0.3, 0.4) is 0 Å². The van der Waals surface area contributed by atoms with Crippen molar-refractivity contribution in [2.45, 2.75) is 19.8 Å². The van der Waals surface area contributed by atoms with E-state index in [1.165, 1.54) is 0 Å². The molecule has 1 aromatic heterocycles. The van der Waals surface area contributed by atoms with Gasteiger partial charge in [-0.2, -0.15) is 5.10 Å². The van der Waals surface area contributed by atoms with Crippen LogP contribution in [0.2, 0.25) is 0 Å². The predicted molar refractivity (Wildman–Crippen MR) is 77.5 cm³/mol. The summed E-state index contributed by atoms with van der Waals surface area (Å²) in [4.78, 5) is 12.0. The van der Waals surface area contributed by atoms with Crippen LogP contribution in [-0.4, -0.2) is 22.5 Å². The number of carbonyl (C=O) groups excluding carboxylic acids is 1. The summed E-state index contributed by atoms with van der Waals surface area (Å²) in [5.74, 6) is 2.18. The normalized spacial score (nSPS) is 12.5. The van der Waals surface area contributed by atoms with Crippen molar-refractivity contribution in [1.82, 2.24) is 9.78 Å². The van der Waals surface area contributed by atoms with Gasteiger partial charge in [-0.25, -0.2) is 0 Å². The Labute approximate surface area is 122 Å². The molecule has 2 aromatic rings. The first-order valence-corrected chi connectivity index (χ1v) is 6.81. The second-order valence-corrected chi connectivity index (χ2v) is 5.03. The Morgan fingerprint density at radius 1 is 1.33 bits per heavy atom. The summed E-state index contributed by atoms with van der Waals surface area (Å²) in [5, 5.41) is 7.05. The summed E-state index contributed by atoms with van der Waals surface area (Å²) in [6.45, 7) is 2.15. The van der Waals surface area contributed by atoms with Gasteiger partial charge in [-0.15, -0.1) is 0 Å². The lowest BCUT2D eigenvalue weighted by atomic mass is 10.1. The lowest BCUT2D eigenvalue weighted by Gasteiger charge is -2.06. The van der Waals surface area contributed by atoms with E-state index in [0.29, 0.717) is 18.7 Å². The van der Waals surface area contributed by atoms with Gasteiger partial charge >= 0.3 is 0 Å². The number of carbonyl (C=O) groups is 1. The number of hydrogen-bond donors (Lipinski definition) is 1. The van der Waals surface area contributed by atoms with Crippen LogP contribution in [0.1, 0.15) is 17.7 Å². The SMILES string of the molecule is Cc1cc(NC(=O)CCc2ccc3c(c2)OCO3)n(C)n1. The number of benzene rings is 1. The number of amides is 1. The molecule has 1 aliphatic rings. The molecule has 0 unspecified atom stereocenters. The highest BCUT2D eigenvalue weighted by atomic mass is 16.7. The summed E-state index contributed by atoms with van der Waals surface area (Å²) in [6.07, 6.45) is 1.06. The molecule has 2 heterocycles. The van der Waals surface area contributed by atoms with Crippen LogP contribution in [0.5, 0.6) is 11.5 Å². The fraction of sp³-hybridized carbons (Fsp3) is 0.333. The second kappa shape index (κ2) is 5.47. The summed E-state index contributed by atoms with van der Waals surface area (Å²) in [7, 11) is 1.81. The van der Waals surface area contributed by atoms with Gasteiger partial charge in [0.2, 0.25) is 12.7 Å². The molecule has 3 rings (SSSR count). The van der Waals surface area contributed by atoms with Crippen molar-refractivity contribution in [3.63, 3.8) is 0 Å². The second-order valence-electron chi connectivity index (χ2n) is 5.03. The summed E-state index contributed by atoms with van der Waals surface area (Å²) in [6, 6.07) is 7.59. The highest BCUT2D eigenvalue weighted by Gasteiger charge is 2.14. The van der Waals surface area contributed by atoms with Gasteiger partial charge in [0.25, 0.3) is 0 Å². The highest BCUT2D eigenvalue weighted by molar-refractivity contribution is 5.90. The van der Waals surface area contributed by atoms with Gasteiger partial charge in [-0.3, -0.25) is 9.48 Å². The maximum absolute atomic E-state index is 12.0. The predicted octanol–water partition coefficient (Wildman–Crippen LogP) is 2.03.